The van der Waals surface area contributed by atoms with E-state index in [1.807, 2.05) is 6.08 Å². The molecule has 0 spiro atoms. The van der Waals surface area contributed by atoms with Crippen molar-refractivity contribution in [3.63, 3.8) is 0 Å². The maximum absolute atomic E-state index is 13.5. The molecule has 0 aromatic rings. The van der Waals surface area contributed by atoms with Crippen LogP contribution in [0.2, 0.25) is 0 Å². The second kappa shape index (κ2) is 68.5. The summed E-state index contributed by atoms with van der Waals surface area (Å²) in [5.74, 6) is -1.19. The highest BCUT2D eigenvalue weighted by Gasteiger charge is 2.47. The van der Waals surface area contributed by atoms with E-state index < -0.39 is 67.4 Å². The van der Waals surface area contributed by atoms with Crippen LogP contribution in [0.25, 0.3) is 0 Å². The molecule has 0 aromatic heterocycles. The molecule has 93 heavy (non-hydrogen) atoms. The van der Waals surface area contributed by atoms with Crippen molar-refractivity contribution in [1.82, 2.24) is 5.32 Å². The Balaban J connectivity index is 2.53. The Labute approximate surface area is 571 Å². The topological polar surface area (TPSA) is 175 Å². The van der Waals surface area contributed by atoms with E-state index in [0.29, 0.717) is 12.8 Å². The number of allylic oxidation sites excluding steroid dienone is 15. The smallest absolute Gasteiger partial charge is 0.306 e. The highest BCUT2D eigenvalue weighted by atomic mass is 16.7. The maximum Gasteiger partial charge on any atom is 0.306 e. The van der Waals surface area contributed by atoms with Crippen LogP contribution in [0.1, 0.15) is 348 Å². The van der Waals surface area contributed by atoms with Gasteiger partial charge in [0.1, 0.15) is 24.4 Å². The zero-order valence-electron chi connectivity index (χ0n) is 60.1. The number of carbonyl (C=O) groups excluding carboxylic acids is 2. The van der Waals surface area contributed by atoms with Crippen molar-refractivity contribution >= 4 is 11.9 Å². The Morgan fingerprint density at radius 2 is 0.774 bits per heavy atom. The minimum absolute atomic E-state index is 0.122. The first-order valence-electron chi connectivity index (χ1n) is 39.0. The summed E-state index contributed by atoms with van der Waals surface area (Å²) in [4.78, 5) is 26.8. The van der Waals surface area contributed by atoms with E-state index in [-0.39, 0.29) is 19.4 Å². The van der Waals surface area contributed by atoms with Gasteiger partial charge < -0.3 is 45.1 Å². The van der Waals surface area contributed by atoms with Crippen LogP contribution < -0.4 is 5.32 Å². The average molecular weight is 1310 g/mol. The Bertz CT molecular complexity index is 1890. The van der Waals surface area contributed by atoms with Crippen LogP contribution in [0.4, 0.5) is 0 Å². The molecule has 0 radical (unpaired) electrons. The molecule has 0 aromatic carbocycles. The molecule has 1 amide bonds. The molecule has 11 heteroatoms. The van der Waals surface area contributed by atoms with E-state index in [2.05, 4.69) is 111 Å². The molecular formula is C82H145NO10. The number of nitrogens with one attached hydrogen (secondary N) is 1. The van der Waals surface area contributed by atoms with Crippen molar-refractivity contribution in [2.24, 2.45) is 0 Å². The lowest BCUT2D eigenvalue weighted by Gasteiger charge is -2.41. The molecule has 1 aliphatic rings. The number of aliphatic hydroxyl groups excluding tert-OH is 5. The highest BCUT2D eigenvalue weighted by molar-refractivity contribution is 5.80. The summed E-state index contributed by atoms with van der Waals surface area (Å²) in [7, 11) is 0. The van der Waals surface area contributed by atoms with E-state index in [9.17, 15) is 35.1 Å². The van der Waals surface area contributed by atoms with Gasteiger partial charge in [-0.05, 0) is 103 Å². The maximum atomic E-state index is 13.5. The van der Waals surface area contributed by atoms with Gasteiger partial charge in [-0.2, -0.15) is 0 Å². The number of aliphatic hydroxyl groups is 5. The van der Waals surface area contributed by atoms with Crippen molar-refractivity contribution < 1.29 is 49.3 Å². The van der Waals surface area contributed by atoms with E-state index in [1.165, 1.54) is 199 Å². The van der Waals surface area contributed by atoms with Gasteiger partial charge in [0.25, 0.3) is 0 Å². The standard InChI is InChI=1S/C82H145NO10/c1-4-7-10-13-16-19-22-25-27-29-31-33-35-37-38-39-41-43-45-47-49-52-55-58-61-64-67-70-77(87)93-80-79(89)78(88)76(71-84)92-82(80)91-72-73(74(85)68-65-62-59-56-53-50-24-21-18-15-12-9-6-3)83-81(90)75(86)69-66-63-60-57-54-51-48-46-44-42-40-36-34-32-30-28-26-23-20-17-14-11-8-5-2/h8,11,16-17,19-20,25-28,32,34,40,42,65,68,73-76,78-80,82,84-86,88-89H,4-7,9-10,12-15,18,21-24,29-31,33,35-39,41,43-64,66-67,69-72H2,1-3H3,(H,83,90)/b11-8-,19-16-,20-17-,27-25-,28-26-,34-32-,42-40-,68-65+. The molecule has 8 unspecified atom stereocenters. The summed E-state index contributed by atoms with van der Waals surface area (Å²) in [6.45, 7) is 5.70. The summed E-state index contributed by atoms with van der Waals surface area (Å²) in [6.07, 6.45) is 83.1. The number of hydrogen-bond acceptors (Lipinski definition) is 10. The van der Waals surface area contributed by atoms with Crippen molar-refractivity contribution in [3.8, 4) is 0 Å². The first-order chi connectivity index (χ1) is 45.7. The van der Waals surface area contributed by atoms with Crippen LogP contribution in [0, 0.1) is 0 Å². The number of hydrogen-bond donors (Lipinski definition) is 6. The predicted molar refractivity (Wildman–Crippen MR) is 393 cm³/mol. The normalized spacial score (nSPS) is 18.4. The summed E-state index contributed by atoms with van der Waals surface area (Å²) >= 11 is 0. The van der Waals surface area contributed by atoms with Gasteiger partial charge in [0, 0.05) is 6.42 Å². The van der Waals surface area contributed by atoms with Crippen LogP contribution in [-0.2, 0) is 23.8 Å². The Kier molecular flexibility index (Phi) is 64.5. The lowest BCUT2D eigenvalue weighted by Crippen LogP contribution is -2.61. The highest BCUT2D eigenvalue weighted by Crippen LogP contribution is 2.26. The molecule has 538 valence electrons. The summed E-state index contributed by atoms with van der Waals surface area (Å²) < 4.78 is 17.8. The quantitative estimate of drug-likeness (QED) is 0.0195. The van der Waals surface area contributed by atoms with E-state index in [0.717, 1.165) is 103 Å². The molecule has 0 aliphatic carbocycles. The predicted octanol–water partition coefficient (Wildman–Crippen LogP) is 21.0. The number of rotatable bonds is 67. The Morgan fingerprint density at radius 1 is 0.430 bits per heavy atom. The lowest BCUT2D eigenvalue weighted by molar-refractivity contribution is -0.305. The molecule has 0 saturated carbocycles. The van der Waals surface area contributed by atoms with Crippen LogP contribution in [-0.4, -0.2) is 99.6 Å². The monoisotopic (exact) mass is 1300 g/mol. The zero-order chi connectivity index (χ0) is 67.4. The number of unbranched alkanes of at least 4 members (excludes halogenated alkanes) is 39. The summed E-state index contributed by atoms with van der Waals surface area (Å²) in [5, 5.41) is 57.4. The third kappa shape index (κ3) is 55.3. The second-order valence-corrected chi connectivity index (χ2v) is 26.7. The number of amides is 1. The molecular weight excluding hydrogens is 1160 g/mol. The van der Waals surface area contributed by atoms with Crippen LogP contribution >= 0.6 is 0 Å². The first kappa shape index (κ1) is 87.6. The average Bonchev–Trinajstić information content (AvgIpc) is 0.918. The molecule has 6 N–H and O–H groups in total. The molecule has 1 rings (SSSR count). The van der Waals surface area contributed by atoms with E-state index in [1.54, 1.807) is 6.08 Å². The lowest BCUT2D eigenvalue weighted by atomic mass is 9.99. The summed E-state index contributed by atoms with van der Waals surface area (Å²) in [5.41, 5.74) is 0. The van der Waals surface area contributed by atoms with Gasteiger partial charge in [0.2, 0.25) is 5.91 Å². The van der Waals surface area contributed by atoms with Gasteiger partial charge >= 0.3 is 5.97 Å². The van der Waals surface area contributed by atoms with Crippen molar-refractivity contribution in [2.75, 3.05) is 13.2 Å². The largest absolute Gasteiger partial charge is 0.454 e. The third-order valence-corrected chi connectivity index (χ3v) is 18.0. The zero-order valence-corrected chi connectivity index (χ0v) is 60.1. The van der Waals surface area contributed by atoms with Crippen molar-refractivity contribution in [2.45, 2.75) is 397 Å². The molecule has 0 bridgehead atoms. The van der Waals surface area contributed by atoms with E-state index in [4.69, 9.17) is 14.2 Å². The molecule has 1 fully saturated rings. The fourth-order valence-corrected chi connectivity index (χ4v) is 11.9. The fraction of sp³-hybridized carbons (Fsp3) is 0.780. The van der Waals surface area contributed by atoms with Gasteiger partial charge in [-0.1, -0.05) is 336 Å². The second-order valence-electron chi connectivity index (χ2n) is 26.7. The number of carbonyl (C=O) groups is 2. The minimum atomic E-state index is -1.62. The van der Waals surface area contributed by atoms with Gasteiger partial charge in [0.05, 0.1) is 25.4 Å². The SMILES string of the molecule is CC/C=C\C/C=C\C/C=C\C/C=C\C/C=C\CCCCCCCCCCC(O)C(=O)NC(COC1OC(CO)C(O)C(O)C1OC(=O)CCCCCCCCCCCCCCCCCCC/C=C\C/C=C\CCCCC)C(O)/C=C/CCCCCCCCCCCCC. The number of ether oxygens (including phenoxy) is 3. The fourth-order valence-electron chi connectivity index (χ4n) is 11.9. The van der Waals surface area contributed by atoms with Crippen LogP contribution in [0.5, 0.6) is 0 Å². The molecule has 1 heterocycles. The number of esters is 1. The first-order valence-corrected chi connectivity index (χ1v) is 39.0. The van der Waals surface area contributed by atoms with Gasteiger partial charge in [-0.15, -0.1) is 0 Å². The third-order valence-electron chi connectivity index (χ3n) is 18.0. The van der Waals surface area contributed by atoms with Crippen molar-refractivity contribution in [3.05, 3.63) is 97.2 Å². The molecule has 1 saturated heterocycles. The van der Waals surface area contributed by atoms with Gasteiger partial charge in [-0.3, -0.25) is 9.59 Å². The van der Waals surface area contributed by atoms with Gasteiger partial charge in [0.15, 0.2) is 12.4 Å². The minimum Gasteiger partial charge on any atom is -0.454 e. The Hall–Kier alpha value is -3.42. The van der Waals surface area contributed by atoms with Gasteiger partial charge in [-0.25, -0.2) is 0 Å². The molecule has 1 aliphatic heterocycles. The molecule has 11 nitrogen and oxygen atoms in total. The molecule has 8 atom stereocenters. The van der Waals surface area contributed by atoms with Crippen LogP contribution in [0.3, 0.4) is 0 Å². The van der Waals surface area contributed by atoms with Crippen LogP contribution in [0.15, 0.2) is 97.2 Å². The summed E-state index contributed by atoms with van der Waals surface area (Å²) in [6, 6.07) is -1.03. The Morgan fingerprint density at radius 3 is 1.18 bits per heavy atom. The van der Waals surface area contributed by atoms with Crippen molar-refractivity contribution in [1.29, 1.82) is 0 Å². The van der Waals surface area contributed by atoms with E-state index >= 15 is 0 Å².